The molecule has 1 atom stereocenters. The van der Waals surface area contributed by atoms with Crippen molar-refractivity contribution < 1.29 is 8.42 Å². The highest BCUT2D eigenvalue weighted by Crippen LogP contribution is 2.24. The van der Waals surface area contributed by atoms with Gasteiger partial charge in [0.2, 0.25) is 0 Å². The van der Waals surface area contributed by atoms with Crippen molar-refractivity contribution in [1.29, 1.82) is 0 Å². The second-order valence-corrected chi connectivity index (χ2v) is 9.41. The molecule has 0 amide bonds. The normalized spacial score (nSPS) is 14.5. The van der Waals surface area contributed by atoms with Crippen LogP contribution in [-0.4, -0.2) is 30.9 Å². The Labute approximate surface area is 130 Å². The lowest BCUT2D eigenvalue weighted by molar-refractivity contribution is 0.338. The minimum atomic E-state index is -2.93. The molecule has 0 aliphatic heterocycles. The summed E-state index contributed by atoms with van der Waals surface area (Å²) in [6, 6.07) is 4.29. The summed E-state index contributed by atoms with van der Waals surface area (Å²) in [5, 5.41) is 5.54. The zero-order chi connectivity index (χ0) is 15.7. The molecule has 0 spiro atoms. The topological polar surface area (TPSA) is 59.1 Å². The van der Waals surface area contributed by atoms with Crippen molar-refractivity contribution in [2.45, 2.75) is 38.8 Å². The van der Waals surface area contributed by atoms with E-state index in [0.29, 0.717) is 6.42 Å². The van der Waals surface area contributed by atoms with Crippen LogP contribution in [0.15, 0.2) is 23.7 Å². The van der Waals surface area contributed by atoms with Crippen molar-refractivity contribution in [2.24, 2.45) is 0 Å². The maximum absolute atomic E-state index is 11.3. The van der Waals surface area contributed by atoms with E-state index in [2.05, 4.69) is 23.3 Å². The fourth-order valence-electron chi connectivity index (χ4n) is 2.28. The Hall–Kier alpha value is -0.980. The predicted molar refractivity (Wildman–Crippen MR) is 89.6 cm³/mol. The van der Waals surface area contributed by atoms with E-state index >= 15 is 0 Å². The molecule has 0 aliphatic rings. The van der Waals surface area contributed by atoms with Gasteiger partial charge in [0.25, 0.3) is 0 Å². The van der Waals surface area contributed by atoms with Crippen LogP contribution in [0.5, 0.6) is 0 Å². The van der Waals surface area contributed by atoms with E-state index in [1.807, 2.05) is 31.5 Å². The van der Waals surface area contributed by atoms with Crippen LogP contribution in [-0.2, 0) is 9.84 Å². The molecule has 2 aromatic rings. The van der Waals surface area contributed by atoms with Crippen LogP contribution in [0.1, 0.15) is 38.8 Å². The van der Waals surface area contributed by atoms with Crippen LogP contribution in [0.4, 0.5) is 0 Å². The third-order valence-corrected chi connectivity index (χ3v) is 5.33. The van der Waals surface area contributed by atoms with Crippen LogP contribution >= 0.6 is 11.3 Å². The molecular weight excluding hydrogens is 304 g/mol. The van der Waals surface area contributed by atoms with Crippen molar-refractivity contribution in [3.8, 4) is 0 Å². The molecule has 0 bridgehead atoms. The van der Waals surface area contributed by atoms with Gasteiger partial charge in [-0.25, -0.2) is 8.42 Å². The molecule has 0 fully saturated rings. The Bertz CT molecular complexity index is 720. The molecule has 2 heterocycles. The molecule has 0 aromatic carbocycles. The molecule has 0 saturated carbocycles. The minimum Gasteiger partial charge on any atom is -0.305 e. The quantitative estimate of drug-likeness (QED) is 0.886. The van der Waals surface area contributed by atoms with Gasteiger partial charge in [0.1, 0.15) is 9.84 Å². The lowest BCUT2D eigenvalue weighted by atomic mass is 9.99. The van der Waals surface area contributed by atoms with E-state index in [9.17, 15) is 8.42 Å². The highest BCUT2D eigenvalue weighted by Gasteiger charge is 2.22. The van der Waals surface area contributed by atoms with Gasteiger partial charge in [0, 0.05) is 24.0 Å². The first kappa shape index (κ1) is 16.4. The summed E-state index contributed by atoms with van der Waals surface area (Å²) in [4.78, 5) is 4.45. The number of fused-ring (bicyclic) bond motifs is 1. The molecule has 21 heavy (non-hydrogen) atoms. The number of nitrogens with zero attached hydrogens (tertiary/aromatic N) is 1. The van der Waals surface area contributed by atoms with Crippen molar-refractivity contribution in [1.82, 2.24) is 10.3 Å². The minimum absolute atomic E-state index is 0.124. The standard InChI is InChI=1S/C15H22N2O2S2/c1-11(17-15(2,3)6-8-21(4,18)19)12-9-14-13(16-10-12)5-7-20-14/h5,7,9-11,17H,6,8H2,1-4H3. The van der Waals surface area contributed by atoms with E-state index in [1.54, 1.807) is 11.3 Å². The van der Waals surface area contributed by atoms with Gasteiger partial charge in [-0.2, -0.15) is 0 Å². The predicted octanol–water partition coefficient (Wildman–Crippen LogP) is 3.16. The Kier molecular flexibility index (Phi) is 4.70. The second kappa shape index (κ2) is 6.02. The molecule has 0 radical (unpaired) electrons. The summed E-state index contributed by atoms with van der Waals surface area (Å²) < 4.78 is 23.8. The highest BCUT2D eigenvalue weighted by molar-refractivity contribution is 7.90. The van der Waals surface area contributed by atoms with Crippen molar-refractivity contribution in [3.05, 3.63) is 29.3 Å². The van der Waals surface area contributed by atoms with Crippen LogP contribution in [0, 0.1) is 0 Å². The largest absolute Gasteiger partial charge is 0.305 e. The molecule has 1 N–H and O–H groups in total. The number of nitrogens with one attached hydrogen (secondary N) is 1. The van der Waals surface area contributed by atoms with E-state index in [4.69, 9.17) is 0 Å². The summed E-state index contributed by atoms with van der Waals surface area (Å²) in [5.41, 5.74) is 1.90. The van der Waals surface area contributed by atoms with Crippen molar-refractivity contribution in [3.63, 3.8) is 0 Å². The van der Waals surface area contributed by atoms with Crippen LogP contribution in [0.25, 0.3) is 10.2 Å². The molecular formula is C15H22N2O2S2. The zero-order valence-corrected chi connectivity index (χ0v) is 14.5. The molecule has 1 unspecified atom stereocenters. The number of hydrogen-bond acceptors (Lipinski definition) is 5. The molecule has 2 aromatic heterocycles. The average Bonchev–Trinajstić information content (AvgIpc) is 2.82. The first-order chi connectivity index (χ1) is 9.66. The van der Waals surface area contributed by atoms with Gasteiger partial charge in [-0.3, -0.25) is 4.98 Å². The number of pyridine rings is 1. The molecule has 0 aliphatic carbocycles. The number of rotatable bonds is 6. The lowest BCUT2D eigenvalue weighted by Gasteiger charge is -2.30. The summed E-state index contributed by atoms with van der Waals surface area (Å²) in [6.45, 7) is 6.15. The summed E-state index contributed by atoms with van der Waals surface area (Å²) in [6.07, 6.45) is 3.76. The van der Waals surface area contributed by atoms with Gasteiger partial charge in [0.05, 0.1) is 16.0 Å². The van der Waals surface area contributed by atoms with Crippen molar-refractivity contribution in [2.75, 3.05) is 12.0 Å². The monoisotopic (exact) mass is 326 g/mol. The Morgan fingerprint density at radius 1 is 1.43 bits per heavy atom. The van der Waals surface area contributed by atoms with E-state index < -0.39 is 9.84 Å². The third kappa shape index (κ3) is 4.76. The van der Waals surface area contributed by atoms with Gasteiger partial charge < -0.3 is 5.32 Å². The average molecular weight is 326 g/mol. The first-order valence-corrected chi connectivity index (χ1v) is 9.89. The number of hydrogen-bond donors (Lipinski definition) is 1. The fraction of sp³-hybridized carbons (Fsp3) is 0.533. The zero-order valence-electron chi connectivity index (χ0n) is 12.9. The smallest absolute Gasteiger partial charge is 0.147 e. The first-order valence-electron chi connectivity index (χ1n) is 6.95. The fourth-order valence-corrected chi connectivity index (χ4v) is 3.95. The Morgan fingerprint density at radius 2 is 2.14 bits per heavy atom. The lowest BCUT2D eigenvalue weighted by Crippen LogP contribution is -2.42. The Morgan fingerprint density at radius 3 is 2.81 bits per heavy atom. The van der Waals surface area contributed by atoms with Gasteiger partial charge in [0.15, 0.2) is 0 Å². The molecule has 4 nitrogen and oxygen atoms in total. The maximum Gasteiger partial charge on any atom is 0.147 e. The Balaban J connectivity index is 2.06. The summed E-state index contributed by atoms with van der Waals surface area (Å²) >= 11 is 1.68. The van der Waals surface area contributed by atoms with E-state index in [-0.39, 0.29) is 17.3 Å². The molecule has 6 heteroatoms. The molecule has 0 saturated heterocycles. The second-order valence-electron chi connectivity index (χ2n) is 6.20. The number of sulfone groups is 1. The highest BCUT2D eigenvalue weighted by atomic mass is 32.2. The van der Waals surface area contributed by atoms with Gasteiger partial charge in [-0.05, 0) is 50.3 Å². The van der Waals surface area contributed by atoms with Crippen LogP contribution in [0.3, 0.4) is 0 Å². The maximum atomic E-state index is 11.3. The van der Waals surface area contributed by atoms with Gasteiger partial charge in [-0.15, -0.1) is 11.3 Å². The van der Waals surface area contributed by atoms with E-state index in [1.165, 1.54) is 11.0 Å². The van der Waals surface area contributed by atoms with Gasteiger partial charge >= 0.3 is 0 Å². The SMILES string of the molecule is CC(NC(C)(C)CCS(C)(=O)=O)c1cnc2ccsc2c1. The summed E-state index contributed by atoms with van der Waals surface area (Å²) in [7, 11) is -2.93. The van der Waals surface area contributed by atoms with Gasteiger partial charge in [-0.1, -0.05) is 0 Å². The third-order valence-electron chi connectivity index (χ3n) is 3.53. The number of thiophene rings is 1. The summed E-state index contributed by atoms with van der Waals surface area (Å²) in [5.74, 6) is 0.196. The number of aromatic nitrogens is 1. The van der Waals surface area contributed by atoms with Crippen molar-refractivity contribution >= 4 is 31.4 Å². The molecule has 2 rings (SSSR count). The molecule has 116 valence electrons. The van der Waals surface area contributed by atoms with E-state index in [0.717, 1.165) is 11.1 Å². The van der Waals surface area contributed by atoms with Crippen LogP contribution in [0.2, 0.25) is 0 Å². The van der Waals surface area contributed by atoms with Crippen LogP contribution < -0.4 is 5.32 Å².